The van der Waals surface area contributed by atoms with E-state index < -0.39 is 15.3 Å². The third kappa shape index (κ3) is 3.98. The largest absolute Gasteiger partial charge is 0.392 e. The van der Waals surface area contributed by atoms with E-state index in [1.807, 2.05) is 31.4 Å². The molecule has 19 heavy (non-hydrogen) atoms. The van der Waals surface area contributed by atoms with Crippen molar-refractivity contribution in [3.8, 4) is 0 Å². The molecule has 1 aromatic rings. The minimum Gasteiger partial charge on any atom is -0.392 e. The van der Waals surface area contributed by atoms with Crippen molar-refractivity contribution < 1.29 is 8.42 Å². The average Bonchev–Trinajstić information content (AvgIpc) is 2.77. The molecule has 0 aliphatic carbocycles. The van der Waals surface area contributed by atoms with Crippen LogP contribution in [0, 0.1) is 0 Å². The molecular formula is C12H20N2O2S3. The minimum absolute atomic E-state index is 0.0410. The van der Waals surface area contributed by atoms with Crippen LogP contribution in [0.15, 0.2) is 17.5 Å². The van der Waals surface area contributed by atoms with Gasteiger partial charge in [0.1, 0.15) is 5.25 Å². The van der Waals surface area contributed by atoms with Crippen LogP contribution in [0.1, 0.15) is 32.1 Å². The Morgan fingerprint density at radius 3 is 2.53 bits per heavy atom. The van der Waals surface area contributed by atoms with Gasteiger partial charge in [0, 0.05) is 17.5 Å². The number of thiophene rings is 1. The fraction of sp³-hybridized carbons (Fsp3) is 0.583. The molecule has 0 fully saturated rings. The predicted molar refractivity (Wildman–Crippen MR) is 84.8 cm³/mol. The van der Waals surface area contributed by atoms with E-state index in [9.17, 15) is 8.42 Å². The molecule has 108 valence electrons. The zero-order valence-corrected chi connectivity index (χ0v) is 13.8. The van der Waals surface area contributed by atoms with Crippen molar-refractivity contribution in [2.45, 2.75) is 45.0 Å². The highest BCUT2D eigenvalue weighted by Gasteiger charge is 2.34. The van der Waals surface area contributed by atoms with Gasteiger partial charge in [0.25, 0.3) is 0 Å². The molecule has 1 aromatic heterocycles. The molecule has 1 unspecified atom stereocenters. The maximum absolute atomic E-state index is 12.6. The van der Waals surface area contributed by atoms with Crippen molar-refractivity contribution >= 4 is 38.6 Å². The monoisotopic (exact) mass is 320 g/mol. The summed E-state index contributed by atoms with van der Waals surface area (Å²) < 4.78 is 26.7. The molecule has 0 aromatic carbocycles. The molecule has 0 radical (unpaired) electrons. The van der Waals surface area contributed by atoms with E-state index in [1.165, 1.54) is 4.31 Å². The van der Waals surface area contributed by atoms with E-state index in [4.69, 9.17) is 18.0 Å². The molecule has 0 saturated carbocycles. The quantitative estimate of drug-likeness (QED) is 0.783. The summed E-state index contributed by atoms with van der Waals surface area (Å²) in [6.45, 7) is 5.87. The first-order valence-corrected chi connectivity index (χ1v) is 8.92. The molecular weight excluding hydrogens is 300 g/mol. The molecule has 1 heterocycles. The molecule has 1 atom stereocenters. The van der Waals surface area contributed by atoms with Crippen LogP contribution >= 0.6 is 23.6 Å². The Morgan fingerprint density at radius 2 is 2.16 bits per heavy atom. The lowest BCUT2D eigenvalue weighted by atomic mass is 10.3. The van der Waals surface area contributed by atoms with Crippen molar-refractivity contribution in [3.63, 3.8) is 0 Å². The molecule has 1 rings (SSSR count). The Bertz CT molecular complexity index is 509. The average molecular weight is 321 g/mol. The Balaban J connectivity index is 3.07. The smallest absolute Gasteiger partial charge is 0.224 e. The van der Waals surface area contributed by atoms with Crippen LogP contribution in [-0.4, -0.2) is 29.0 Å². The van der Waals surface area contributed by atoms with Crippen LogP contribution in [0.2, 0.25) is 0 Å². The minimum atomic E-state index is -3.51. The molecule has 0 saturated heterocycles. The van der Waals surface area contributed by atoms with E-state index in [1.54, 1.807) is 18.3 Å². The SMILES string of the molecule is CCC(C(N)=S)S(=O)(=O)N(Cc1cccs1)C(C)C. The van der Waals surface area contributed by atoms with E-state index in [0.29, 0.717) is 13.0 Å². The number of thiocarbonyl (C=S) groups is 1. The maximum atomic E-state index is 12.6. The van der Waals surface area contributed by atoms with Gasteiger partial charge >= 0.3 is 0 Å². The van der Waals surface area contributed by atoms with Crippen LogP contribution in [-0.2, 0) is 16.6 Å². The Hall–Kier alpha value is -0.500. The van der Waals surface area contributed by atoms with Gasteiger partial charge in [-0.15, -0.1) is 11.3 Å². The van der Waals surface area contributed by atoms with Gasteiger partial charge in [0.05, 0.1) is 4.99 Å². The molecule has 7 heteroatoms. The third-order valence-corrected chi connectivity index (χ3v) is 6.65. The molecule has 0 aliphatic rings. The summed E-state index contributed by atoms with van der Waals surface area (Å²) in [5, 5.41) is 1.15. The van der Waals surface area contributed by atoms with Gasteiger partial charge in [-0.05, 0) is 31.7 Å². The third-order valence-electron chi connectivity index (χ3n) is 2.84. The van der Waals surface area contributed by atoms with Crippen LogP contribution in [0.25, 0.3) is 0 Å². The second kappa shape index (κ2) is 6.78. The molecule has 2 N–H and O–H groups in total. The second-order valence-electron chi connectivity index (χ2n) is 4.56. The predicted octanol–water partition coefficient (Wildman–Crippen LogP) is 2.35. The lowest BCUT2D eigenvalue weighted by molar-refractivity contribution is 0.348. The molecule has 0 amide bonds. The maximum Gasteiger partial charge on any atom is 0.224 e. The zero-order chi connectivity index (χ0) is 14.6. The van der Waals surface area contributed by atoms with Crippen LogP contribution in [0.5, 0.6) is 0 Å². The highest BCUT2D eigenvalue weighted by Crippen LogP contribution is 2.21. The summed E-state index contributed by atoms with van der Waals surface area (Å²) in [7, 11) is -3.51. The Morgan fingerprint density at radius 1 is 1.53 bits per heavy atom. The second-order valence-corrected chi connectivity index (χ2v) is 8.13. The Labute approximate surface area is 124 Å². The first kappa shape index (κ1) is 16.6. The van der Waals surface area contributed by atoms with Crippen molar-refractivity contribution in [1.82, 2.24) is 4.31 Å². The number of hydrogen-bond acceptors (Lipinski definition) is 4. The van der Waals surface area contributed by atoms with E-state index >= 15 is 0 Å². The standard InChI is InChI=1S/C12H20N2O2S3/c1-4-11(12(13)17)19(15,16)14(9(2)3)8-10-6-5-7-18-10/h5-7,9,11H,4,8H2,1-3H3,(H2,13,17). The van der Waals surface area contributed by atoms with Gasteiger partial charge in [-0.1, -0.05) is 25.2 Å². The topological polar surface area (TPSA) is 63.4 Å². The van der Waals surface area contributed by atoms with E-state index in [2.05, 4.69) is 0 Å². The van der Waals surface area contributed by atoms with Gasteiger partial charge in [0.2, 0.25) is 10.0 Å². The first-order chi connectivity index (χ1) is 8.80. The summed E-state index contributed by atoms with van der Waals surface area (Å²) in [5.74, 6) is 0. The summed E-state index contributed by atoms with van der Waals surface area (Å²) in [6.07, 6.45) is 0.394. The lowest BCUT2D eigenvalue weighted by Gasteiger charge is -2.29. The summed E-state index contributed by atoms with van der Waals surface area (Å²) >= 11 is 6.43. The molecule has 4 nitrogen and oxygen atoms in total. The fourth-order valence-corrected chi connectivity index (χ4v) is 5.11. The van der Waals surface area contributed by atoms with Crippen LogP contribution in [0.3, 0.4) is 0 Å². The van der Waals surface area contributed by atoms with E-state index in [0.717, 1.165) is 4.88 Å². The van der Waals surface area contributed by atoms with Gasteiger partial charge < -0.3 is 5.73 Å². The number of nitrogens with two attached hydrogens (primary N) is 1. The van der Waals surface area contributed by atoms with Crippen molar-refractivity contribution in [2.75, 3.05) is 0 Å². The van der Waals surface area contributed by atoms with Crippen molar-refractivity contribution in [1.29, 1.82) is 0 Å². The van der Waals surface area contributed by atoms with E-state index in [-0.39, 0.29) is 11.0 Å². The van der Waals surface area contributed by atoms with Gasteiger partial charge in [-0.2, -0.15) is 4.31 Å². The molecule has 0 spiro atoms. The Kier molecular flexibility index (Phi) is 5.91. The molecule has 0 bridgehead atoms. The highest BCUT2D eigenvalue weighted by atomic mass is 32.2. The number of hydrogen-bond donors (Lipinski definition) is 1. The van der Waals surface area contributed by atoms with Gasteiger partial charge in [0.15, 0.2) is 0 Å². The molecule has 0 aliphatic heterocycles. The number of rotatable bonds is 7. The first-order valence-electron chi connectivity index (χ1n) is 6.13. The zero-order valence-electron chi connectivity index (χ0n) is 11.4. The number of nitrogens with zero attached hydrogens (tertiary/aromatic N) is 1. The normalized spacial score (nSPS) is 13.9. The van der Waals surface area contributed by atoms with Crippen LogP contribution < -0.4 is 5.73 Å². The van der Waals surface area contributed by atoms with Crippen molar-refractivity contribution in [2.24, 2.45) is 5.73 Å². The fourth-order valence-electron chi connectivity index (χ4n) is 1.84. The lowest BCUT2D eigenvalue weighted by Crippen LogP contribution is -2.46. The van der Waals surface area contributed by atoms with Gasteiger partial charge in [-0.25, -0.2) is 8.42 Å². The summed E-state index contributed by atoms with van der Waals surface area (Å²) in [5.41, 5.74) is 5.57. The highest BCUT2D eigenvalue weighted by molar-refractivity contribution is 7.92. The van der Waals surface area contributed by atoms with Crippen molar-refractivity contribution in [3.05, 3.63) is 22.4 Å². The van der Waals surface area contributed by atoms with Gasteiger partial charge in [-0.3, -0.25) is 0 Å². The summed E-state index contributed by atoms with van der Waals surface area (Å²) in [4.78, 5) is 1.05. The van der Waals surface area contributed by atoms with Crippen LogP contribution in [0.4, 0.5) is 0 Å². The number of sulfonamides is 1. The summed E-state index contributed by atoms with van der Waals surface area (Å²) in [6, 6.07) is 3.71.